The van der Waals surface area contributed by atoms with Gasteiger partial charge in [0.1, 0.15) is 0 Å². The normalized spacial score (nSPS) is 16.6. The number of fused-ring (bicyclic) bond motifs is 3. The van der Waals surface area contributed by atoms with E-state index < -0.39 is 0 Å². The molecule has 2 aromatic carbocycles. The minimum atomic E-state index is -0.253. The fourth-order valence-corrected chi connectivity index (χ4v) is 4.48. The largest absolute Gasteiger partial charge is 0.393 e. The van der Waals surface area contributed by atoms with Gasteiger partial charge >= 0.3 is 6.03 Å². The zero-order chi connectivity index (χ0) is 19.5. The summed E-state index contributed by atoms with van der Waals surface area (Å²) in [6.45, 7) is 4.75. The summed E-state index contributed by atoms with van der Waals surface area (Å²) in [4.78, 5) is 14.4. The number of piperidine rings is 1. The van der Waals surface area contributed by atoms with Crippen molar-refractivity contribution in [3.05, 3.63) is 48.5 Å². The second-order valence-corrected chi connectivity index (χ2v) is 7.93. The van der Waals surface area contributed by atoms with Crippen LogP contribution in [0.1, 0.15) is 26.2 Å². The number of carbonyl (C=O) groups is 1. The summed E-state index contributed by atoms with van der Waals surface area (Å²) in [6.07, 6.45) is 2.54. The number of nitrogens with one attached hydrogen (secondary N) is 1. The quantitative estimate of drug-likeness (QED) is 0.704. The molecule has 0 saturated carbocycles. The fourth-order valence-electron chi connectivity index (χ4n) is 4.48. The Morgan fingerprint density at radius 3 is 2.21 bits per heavy atom. The number of benzene rings is 2. The summed E-state index contributed by atoms with van der Waals surface area (Å²) >= 11 is 0. The average molecular weight is 380 g/mol. The molecule has 5 nitrogen and oxygen atoms in total. The molecule has 0 spiro atoms. The van der Waals surface area contributed by atoms with Crippen LogP contribution in [-0.2, 0) is 6.54 Å². The van der Waals surface area contributed by atoms with E-state index >= 15 is 0 Å². The van der Waals surface area contributed by atoms with Crippen LogP contribution in [0.15, 0.2) is 48.5 Å². The van der Waals surface area contributed by atoms with Crippen LogP contribution in [0.4, 0.5) is 4.79 Å². The molecule has 148 valence electrons. The van der Waals surface area contributed by atoms with E-state index in [2.05, 4.69) is 58.4 Å². The van der Waals surface area contributed by atoms with E-state index in [4.69, 9.17) is 0 Å². The molecule has 1 aliphatic rings. The number of aliphatic hydroxyl groups is 1. The lowest BCUT2D eigenvalue weighted by Gasteiger charge is -2.32. The van der Waals surface area contributed by atoms with Gasteiger partial charge in [-0.2, -0.15) is 0 Å². The molecule has 4 rings (SSSR count). The van der Waals surface area contributed by atoms with Gasteiger partial charge in [-0.1, -0.05) is 36.4 Å². The molecule has 5 heteroatoms. The molecule has 1 unspecified atom stereocenters. The summed E-state index contributed by atoms with van der Waals surface area (Å²) < 4.78 is 2.29. The molecule has 1 aliphatic heterocycles. The van der Waals surface area contributed by atoms with E-state index in [9.17, 15) is 9.90 Å². The summed E-state index contributed by atoms with van der Waals surface area (Å²) in [6, 6.07) is 16.9. The number of carbonyl (C=O) groups excluding carboxylic acids is 1. The molecular weight excluding hydrogens is 350 g/mol. The SMILES string of the molecule is CC(O)CC1CCN(C(=O)NCCn2c3ccccc3c3ccccc32)CC1. The summed E-state index contributed by atoms with van der Waals surface area (Å²) in [5.74, 6) is 0.529. The van der Waals surface area contributed by atoms with Gasteiger partial charge in [-0.05, 0) is 44.2 Å². The summed E-state index contributed by atoms with van der Waals surface area (Å²) in [7, 11) is 0. The molecular formula is C23H29N3O2. The lowest BCUT2D eigenvalue weighted by atomic mass is 9.92. The van der Waals surface area contributed by atoms with E-state index in [1.807, 2.05) is 11.8 Å². The van der Waals surface area contributed by atoms with E-state index in [1.165, 1.54) is 21.8 Å². The van der Waals surface area contributed by atoms with Crippen LogP contribution in [0.2, 0.25) is 0 Å². The lowest BCUT2D eigenvalue weighted by molar-refractivity contribution is 0.124. The van der Waals surface area contributed by atoms with E-state index in [0.717, 1.165) is 38.9 Å². The van der Waals surface area contributed by atoms with Crippen LogP contribution in [0, 0.1) is 5.92 Å². The van der Waals surface area contributed by atoms with Gasteiger partial charge in [-0.3, -0.25) is 0 Å². The van der Waals surface area contributed by atoms with Gasteiger partial charge in [-0.25, -0.2) is 4.79 Å². The van der Waals surface area contributed by atoms with E-state index in [1.54, 1.807) is 0 Å². The highest BCUT2D eigenvalue weighted by Gasteiger charge is 2.23. The van der Waals surface area contributed by atoms with E-state index in [0.29, 0.717) is 12.5 Å². The Kier molecular flexibility index (Phi) is 5.53. The Labute approximate surface area is 165 Å². The fraction of sp³-hybridized carbons (Fsp3) is 0.435. The third-order valence-corrected chi connectivity index (χ3v) is 5.87. The number of para-hydroxylation sites is 2. The molecule has 0 aliphatic carbocycles. The molecule has 2 heterocycles. The Morgan fingerprint density at radius 1 is 1.07 bits per heavy atom. The van der Waals surface area contributed by atoms with Crippen LogP contribution in [-0.4, -0.2) is 46.3 Å². The van der Waals surface area contributed by atoms with Crippen molar-refractivity contribution >= 4 is 27.8 Å². The van der Waals surface area contributed by atoms with Crippen LogP contribution >= 0.6 is 0 Å². The third kappa shape index (κ3) is 3.85. The monoisotopic (exact) mass is 379 g/mol. The molecule has 1 fully saturated rings. The second-order valence-electron chi connectivity index (χ2n) is 7.93. The summed E-state index contributed by atoms with van der Waals surface area (Å²) in [5, 5.41) is 15.1. The molecule has 2 amide bonds. The van der Waals surface area contributed by atoms with Crippen LogP contribution < -0.4 is 5.32 Å². The molecule has 0 bridgehead atoms. The molecule has 28 heavy (non-hydrogen) atoms. The topological polar surface area (TPSA) is 57.5 Å². The molecule has 1 saturated heterocycles. The standard InChI is InChI=1S/C23H29N3O2/c1-17(27)16-18-10-13-25(14-11-18)23(28)24-12-15-26-21-8-4-2-6-19(21)20-7-3-5-9-22(20)26/h2-9,17-18,27H,10-16H2,1H3,(H,24,28). The van der Waals surface area contributed by atoms with Gasteiger partial charge in [0.05, 0.1) is 6.10 Å². The van der Waals surface area contributed by atoms with Gasteiger partial charge in [0, 0.05) is 48.0 Å². The highest BCUT2D eigenvalue weighted by Crippen LogP contribution is 2.28. The molecule has 0 radical (unpaired) electrons. The number of aromatic nitrogens is 1. The molecule has 3 aromatic rings. The van der Waals surface area contributed by atoms with Crippen LogP contribution in [0.3, 0.4) is 0 Å². The van der Waals surface area contributed by atoms with Gasteiger partial charge in [-0.15, -0.1) is 0 Å². The van der Waals surface area contributed by atoms with Crippen molar-refractivity contribution in [3.8, 4) is 0 Å². The van der Waals surface area contributed by atoms with Crippen LogP contribution in [0.5, 0.6) is 0 Å². The predicted octanol–water partition coefficient (Wildman–Crippen LogP) is 3.99. The summed E-state index contributed by atoms with van der Waals surface area (Å²) in [5.41, 5.74) is 2.41. The van der Waals surface area contributed by atoms with Crippen molar-refractivity contribution in [1.29, 1.82) is 0 Å². The van der Waals surface area contributed by atoms with Crippen molar-refractivity contribution < 1.29 is 9.90 Å². The number of urea groups is 1. The average Bonchev–Trinajstić information content (AvgIpc) is 3.02. The lowest BCUT2D eigenvalue weighted by Crippen LogP contribution is -2.45. The Morgan fingerprint density at radius 2 is 1.64 bits per heavy atom. The Balaban J connectivity index is 1.37. The Hall–Kier alpha value is -2.53. The minimum absolute atomic E-state index is 0.0243. The zero-order valence-electron chi connectivity index (χ0n) is 16.5. The number of hydrogen-bond acceptors (Lipinski definition) is 2. The van der Waals surface area contributed by atoms with E-state index in [-0.39, 0.29) is 12.1 Å². The van der Waals surface area contributed by atoms with Crippen molar-refractivity contribution in [3.63, 3.8) is 0 Å². The highest BCUT2D eigenvalue weighted by atomic mass is 16.3. The number of nitrogens with zero attached hydrogens (tertiary/aromatic N) is 2. The van der Waals surface area contributed by atoms with Crippen LogP contribution in [0.25, 0.3) is 21.8 Å². The molecule has 1 aromatic heterocycles. The van der Waals surface area contributed by atoms with Crippen molar-refractivity contribution in [2.45, 2.75) is 38.8 Å². The maximum absolute atomic E-state index is 12.5. The van der Waals surface area contributed by atoms with Gasteiger partial charge in [0.15, 0.2) is 0 Å². The number of likely N-dealkylation sites (tertiary alicyclic amines) is 1. The first-order valence-corrected chi connectivity index (χ1v) is 10.3. The first-order chi connectivity index (χ1) is 13.6. The van der Waals surface area contributed by atoms with Gasteiger partial charge in [0.2, 0.25) is 0 Å². The maximum atomic E-state index is 12.5. The third-order valence-electron chi connectivity index (χ3n) is 5.87. The number of amides is 2. The first-order valence-electron chi connectivity index (χ1n) is 10.3. The smallest absolute Gasteiger partial charge is 0.317 e. The maximum Gasteiger partial charge on any atom is 0.317 e. The molecule has 1 atom stereocenters. The highest BCUT2D eigenvalue weighted by molar-refractivity contribution is 6.07. The van der Waals surface area contributed by atoms with Gasteiger partial charge < -0.3 is 19.9 Å². The minimum Gasteiger partial charge on any atom is -0.393 e. The second kappa shape index (κ2) is 8.23. The first kappa shape index (κ1) is 18.8. The number of rotatable bonds is 5. The van der Waals surface area contributed by atoms with Crippen molar-refractivity contribution in [2.24, 2.45) is 5.92 Å². The van der Waals surface area contributed by atoms with Crippen molar-refractivity contribution in [2.75, 3.05) is 19.6 Å². The predicted molar refractivity (Wildman–Crippen MR) is 113 cm³/mol. The van der Waals surface area contributed by atoms with Crippen molar-refractivity contribution in [1.82, 2.24) is 14.8 Å². The Bertz CT molecular complexity index is 902. The number of hydrogen-bond donors (Lipinski definition) is 2. The zero-order valence-corrected chi connectivity index (χ0v) is 16.5. The number of aliphatic hydroxyl groups excluding tert-OH is 1. The van der Waals surface area contributed by atoms with Gasteiger partial charge in [0.25, 0.3) is 0 Å². The molecule has 2 N–H and O–H groups in total.